The normalized spacial score (nSPS) is 11.6. The molecule has 1 aromatic carbocycles. The number of hydrogen-bond acceptors (Lipinski definition) is 6. The van der Waals surface area contributed by atoms with E-state index in [-0.39, 0.29) is 22.9 Å². The molecule has 2 amide bonds. The van der Waals surface area contributed by atoms with Gasteiger partial charge in [-0.25, -0.2) is 4.79 Å². The van der Waals surface area contributed by atoms with Gasteiger partial charge in [0.05, 0.1) is 5.02 Å². The van der Waals surface area contributed by atoms with Gasteiger partial charge in [-0.15, -0.1) is 0 Å². The fraction of sp³-hybridized carbons (Fsp3) is 0.368. The number of esters is 1. The zero-order chi connectivity index (χ0) is 20.7. The molecule has 0 saturated heterocycles. The molecule has 9 heteroatoms. The summed E-state index contributed by atoms with van der Waals surface area (Å²) in [6, 6.07) is 6.11. The predicted octanol–water partition coefficient (Wildman–Crippen LogP) is 2.49. The summed E-state index contributed by atoms with van der Waals surface area (Å²) in [5.74, 6) is -1.43. The van der Waals surface area contributed by atoms with Crippen LogP contribution in [0, 0.1) is 6.92 Å². The van der Waals surface area contributed by atoms with Crippen LogP contribution in [-0.2, 0) is 14.3 Å². The molecule has 0 bridgehead atoms. The predicted molar refractivity (Wildman–Crippen MR) is 103 cm³/mol. The smallest absolute Gasteiger partial charge is 0.344 e. The number of nitrogens with one attached hydrogen (secondary N) is 2. The Morgan fingerprint density at radius 1 is 1.29 bits per heavy atom. The van der Waals surface area contributed by atoms with E-state index in [1.165, 1.54) is 0 Å². The van der Waals surface area contributed by atoms with Crippen molar-refractivity contribution in [2.24, 2.45) is 0 Å². The highest BCUT2D eigenvalue weighted by atomic mass is 35.5. The van der Waals surface area contributed by atoms with Crippen molar-refractivity contribution in [3.8, 4) is 11.3 Å². The van der Waals surface area contributed by atoms with Gasteiger partial charge < -0.3 is 19.9 Å². The van der Waals surface area contributed by atoms with E-state index in [1.807, 2.05) is 6.92 Å². The van der Waals surface area contributed by atoms with Crippen LogP contribution in [-0.4, -0.2) is 42.1 Å². The van der Waals surface area contributed by atoms with Crippen molar-refractivity contribution in [1.82, 2.24) is 15.8 Å². The Bertz CT molecular complexity index is 865. The number of nitrogens with zero attached hydrogens (tertiary/aromatic N) is 1. The number of halogens is 1. The summed E-state index contributed by atoms with van der Waals surface area (Å²) < 4.78 is 10.2. The Kier molecular flexibility index (Phi) is 7.57. The highest BCUT2D eigenvalue weighted by molar-refractivity contribution is 6.33. The van der Waals surface area contributed by atoms with Crippen molar-refractivity contribution >= 4 is 29.4 Å². The van der Waals surface area contributed by atoms with Crippen LogP contribution < -0.4 is 10.6 Å². The number of carbonyl (C=O) groups is 3. The molecule has 1 atom stereocenters. The first-order chi connectivity index (χ1) is 13.3. The van der Waals surface area contributed by atoms with Gasteiger partial charge in [0.25, 0.3) is 5.91 Å². The molecule has 0 radical (unpaired) electrons. The minimum atomic E-state index is -0.771. The second-order valence-electron chi connectivity index (χ2n) is 6.10. The average Bonchev–Trinajstić information content (AvgIpc) is 3.05. The van der Waals surface area contributed by atoms with E-state index in [1.54, 1.807) is 38.1 Å². The summed E-state index contributed by atoms with van der Waals surface area (Å²) in [5.41, 5.74) is 0.842. The van der Waals surface area contributed by atoms with E-state index >= 15 is 0 Å². The molecule has 0 unspecified atom stereocenters. The molecular formula is C19H22ClN3O5. The molecule has 1 heterocycles. The van der Waals surface area contributed by atoms with Gasteiger partial charge in [0, 0.05) is 12.1 Å². The average molecular weight is 408 g/mol. The van der Waals surface area contributed by atoms with Crippen LogP contribution in [0.1, 0.15) is 36.4 Å². The van der Waals surface area contributed by atoms with Gasteiger partial charge >= 0.3 is 5.97 Å². The third kappa shape index (κ3) is 5.32. The lowest BCUT2D eigenvalue weighted by atomic mass is 10.1. The molecule has 0 fully saturated rings. The fourth-order valence-electron chi connectivity index (χ4n) is 2.40. The van der Waals surface area contributed by atoms with Gasteiger partial charge in [0.15, 0.2) is 6.61 Å². The Hall–Kier alpha value is -2.87. The zero-order valence-electron chi connectivity index (χ0n) is 15.9. The minimum Gasteiger partial charge on any atom is -0.452 e. The van der Waals surface area contributed by atoms with Crippen LogP contribution >= 0.6 is 11.6 Å². The number of aromatic nitrogens is 1. The van der Waals surface area contributed by atoms with Crippen molar-refractivity contribution < 1.29 is 23.6 Å². The van der Waals surface area contributed by atoms with Crippen LogP contribution in [0.4, 0.5) is 0 Å². The minimum absolute atomic E-state index is 0.0923. The van der Waals surface area contributed by atoms with Crippen LogP contribution in [0.3, 0.4) is 0 Å². The highest BCUT2D eigenvalue weighted by Crippen LogP contribution is 2.31. The second-order valence-corrected chi connectivity index (χ2v) is 6.51. The Morgan fingerprint density at radius 2 is 2.00 bits per heavy atom. The van der Waals surface area contributed by atoms with Crippen molar-refractivity contribution in [2.45, 2.75) is 33.2 Å². The van der Waals surface area contributed by atoms with Crippen molar-refractivity contribution in [3.05, 3.63) is 40.6 Å². The molecule has 0 spiro atoms. The van der Waals surface area contributed by atoms with E-state index in [0.717, 1.165) is 6.42 Å². The number of amides is 2. The summed E-state index contributed by atoms with van der Waals surface area (Å²) in [4.78, 5) is 36.2. The third-order valence-electron chi connectivity index (χ3n) is 3.85. The van der Waals surface area contributed by atoms with Crippen LogP contribution in [0.5, 0.6) is 0 Å². The Balaban J connectivity index is 2.01. The van der Waals surface area contributed by atoms with E-state index in [0.29, 0.717) is 17.1 Å². The van der Waals surface area contributed by atoms with Crippen LogP contribution in [0.25, 0.3) is 11.3 Å². The molecular weight excluding hydrogens is 386 g/mol. The summed E-state index contributed by atoms with van der Waals surface area (Å²) in [5, 5.41) is 9.42. The molecule has 8 nitrogen and oxygen atoms in total. The first kappa shape index (κ1) is 21.4. The zero-order valence-corrected chi connectivity index (χ0v) is 16.6. The fourth-order valence-corrected chi connectivity index (χ4v) is 2.63. The topological polar surface area (TPSA) is 111 Å². The van der Waals surface area contributed by atoms with Gasteiger partial charge in [-0.05, 0) is 26.3 Å². The molecule has 1 aromatic heterocycles. The number of hydrogen-bond donors (Lipinski definition) is 2. The molecule has 28 heavy (non-hydrogen) atoms. The molecule has 2 N–H and O–H groups in total. The maximum absolute atomic E-state index is 12.5. The molecule has 2 aromatic rings. The van der Waals surface area contributed by atoms with Gasteiger partial charge in [-0.3, -0.25) is 9.59 Å². The molecule has 0 saturated carbocycles. The van der Waals surface area contributed by atoms with E-state index < -0.39 is 24.5 Å². The van der Waals surface area contributed by atoms with Gasteiger partial charge in [-0.2, -0.15) is 0 Å². The summed E-state index contributed by atoms with van der Waals surface area (Å²) >= 11 is 6.16. The molecule has 2 rings (SSSR count). The number of ether oxygens (including phenoxy) is 1. The summed E-state index contributed by atoms with van der Waals surface area (Å²) in [6.07, 6.45) is 0.788. The molecule has 150 valence electrons. The monoisotopic (exact) mass is 407 g/mol. The lowest BCUT2D eigenvalue weighted by Gasteiger charge is -2.13. The largest absolute Gasteiger partial charge is 0.452 e. The quantitative estimate of drug-likeness (QED) is 0.650. The first-order valence-corrected chi connectivity index (χ1v) is 9.18. The summed E-state index contributed by atoms with van der Waals surface area (Å²) in [7, 11) is 0. The second kappa shape index (κ2) is 9.89. The van der Waals surface area contributed by atoms with Crippen molar-refractivity contribution in [2.75, 3.05) is 13.2 Å². The molecule has 0 aliphatic rings. The van der Waals surface area contributed by atoms with Crippen LogP contribution in [0.2, 0.25) is 5.02 Å². The third-order valence-corrected chi connectivity index (χ3v) is 4.18. The lowest BCUT2D eigenvalue weighted by molar-refractivity contribution is -0.130. The van der Waals surface area contributed by atoms with Crippen LogP contribution in [0.15, 0.2) is 28.8 Å². The van der Waals surface area contributed by atoms with E-state index in [2.05, 4.69) is 15.8 Å². The Labute approximate surface area is 167 Å². The number of rotatable bonds is 8. The van der Waals surface area contributed by atoms with Crippen molar-refractivity contribution in [3.63, 3.8) is 0 Å². The molecule has 0 aliphatic heterocycles. The lowest BCUT2D eigenvalue weighted by Crippen LogP contribution is -2.46. The molecule has 0 aliphatic carbocycles. The summed E-state index contributed by atoms with van der Waals surface area (Å²) in [6.45, 7) is 5.00. The van der Waals surface area contributed by atoms with Crippen molar-refractivity contribution in [1.29, 1.82) is 0 Å². The maximum atomic E-state index is 12.5. The van der Waals surface area contributed by atoms with E-state index in [9.17, 15) is 14.4 Å². The maximum Gasteiger partial charge on any atom is 0.344 e. The number of carbonyl (C=O) groups excluding carboxylic acids is 3. The highest BCUT2D eigenvalue weighted by Gasteiger charge is 2.25. The standard InChI is InChI=1S/C19H22ClN3O5/c1-4-9-21-18(25)11(2)22-15(24)10-27-19(26)16-12(3)28-23-17(16)13-7-5-6-8-14(13)20/h5-8,11H,4,9-10H2,1-3H3,(H,21,25)(H,22,24)/t11-/m1/s1. The van der Waals surface area contributed by atoms with Gasteiger partial charge in [-0.1, -0.05) is 41.9 Å². The Morgan fingerprint density at radius 3 is 2.68 bits per heavy atom. The van der Waals surface area contributed by atoms with Gasteiger partial charge in [0.2, 0.25) is 5.91 Å². The van der Waals surface area contributed by atoms with E-state index in [4.69, 9.17) is 20.9 Å². The SMILES string of the molecule is CCCNC(=O)[C@@H](C)NC(=O)COC(=O)c1c(-c2ccccc2Cl)noc1C. The number of aryl methyl sites for hydroxylation is 1. The van der Waals surface area contributed by atoms with Gasteiger partial charge in [0.1, 0.15) is 23.1 Å². The number of benzene rings is 1. The first-order valence-electron chi connectivity index (χ1n) is 8.80.